The smallest absolute Gasteiger partial charge is 0.431 e. The summed E-state index contributed by atoms with van der Waals surface area (Å²) in [5, 5.41) is 8.99. The van der Waals surface area contributed by atoms with E-state index >= 15 is 0 Å². The first-order valence-electron chi connectivity index (χ1n) is 7.74. The largest absolute Gasteiger partial charge is 0.465 e. The number of halogens is 3. The Morgan fingerprint density at radius 3 is 2.28 bits per heavy atom. The van der Waals surface area contributed by atoms with Gasteiger partial charge in [-0.3, -0.25) is 14.5 Å². The summed E-state index contributed by atoms with van der Waals surface area (Å²) in [5.41, 5.74) is -2.82. The van der Waals surface area contributed by atoms with Gasteiger partial charge in [0.2, 0.25) is 5.91 Å². The molecule has 0 radical (unpaired) electrons. The Labute approximate surface area is 140 Å². The van der Waals surface area contributed by atoms with Gasteiger partial charge in [-0.2, -0.15) is 13.2 Å². The summed E-state index contributed by atoms with van der Waals surface area (Å²) in [7, 11) is 0. The van der Waals surface area contributed by atoms with Crippen LogP contribution < -0.4 is 10.3 Å². The zero-order valence-electron chi connectivity index (χ0n) is 13.1. The number of carboxylic acid groups (broad SMARTS) is 1. The molecule has 2 aliphatic rings. The number of nitrogens with zero attached hydrogens (tertiary/aromatic N) is 2. The Hall–Kier alpha value is -2.52. The molecule has 2 aliphatic heterocycles. The predicted molar refractivity (Wildman–Crippen MR) is 80.3 cm³/mol. The quantitative estimate of drug-likeness (QED) is 0.801. The van der Waals surface area contributed by atoms with Crippen LogP contribution in [0.15, 0.2) is 16.9 Å². The van der Waals surface area contributed by atoms with Gasteiger partial charge >= 0.3 is 12.3 Å². The standard InChI is InChI=1S/C15H16F3N3O4/c16-15(17,18)10-7-9(22)8-11(19-10)21-6-3-14(12(21)23)1-4-20(5-2-14)13(24)25/h7-8H,1-6H2,(H,19,22)(H,24,25). The maximum atomic E-state index is 12.9. The number of carbonyl (C=O) groups excluding carboxylic acids is 1. The van der Waals surface area contributed by atoms with Crippen LogP contribution in [0, 0.1) is 5.41 Å². The Morgan fingerprint density at radius 2 is 1.72 bits per heavy atom. The van der Waals surface area contributed by atoms with Crippen LogP contribution >= 0.6 is 0 Å². The molecule has 0 aliphatic carbocycles. The van der Waals surface area contributed by atoms with Crippen LogP contribution in [-0.2, 0) is 11.0 Å². The number of aromatic amines is 1. The number of alkyl halides is 3. The zero-order valence-corrected chi connectivity index (χ0v) is 13.1. The Morgan fingerprint density at radius 1 is 1.12 bits per heavy atom. The molecule has 1 spiro atoms. The first kappa shape index (κ1) is 17.3. The molecule has 0 saturated carbocycles. The number of likely N-dealkylation sites (tertiary alicyclic amines) is 1. The van der Waals surface area contributed by atoms with E-state index in [1.54, 1.807) is 0 Å². The molecule has 7 nitrogen and oxygen atoms in total. The van der Waals surface area contributed by atoms with Crippen molar-refractivity contribution >= 4 is 17.8 Å². The topological polar surface area (TPSA) is 93.7 Å². The number of hydrogen-bond donors (Lipinski definition) is 2. The molecule has 3 heterocycles. The van der Waals surface area contributed by atoms with E-state index in [9.17, 15) is 27.6 Å². The average molecular weight is 359 g/mol. The van der Waals surface area contributed by atoms with Gasteiger partial charge in [-0.25, -0.2) is 4.79 Å². The van der Waals surface area contributed by atoms with Crippen LogP contribution in [0.25, 0.3) is 0 Å². The molecule has 3 rings (SSSR count). The summed E-state index contributed by atoms with van der Waals surface area (Å²) in [6.07, 6.45) is -4.73. The number of nitrogens with one attached hydrogen (secondary N) is 1. The highest BCUT2D eigenvalue weighted by molar-refractivity contribution is 5.99. The average Bonchev–Trinajstić information content (AvgIpc) is 2.83. The van der Waals surface area contributed by atoms with E-state index in [1.807, 2.05) is 0 Å². The summed E-state index contributed by atoms with van der Waals surface area (Å²) >= 11 is 0. The maximum Gasteiger partial charge on any atom is 0.431 e. The van der Waals surface area contributed by atoms with E-state index in [4.69, 9.17) is 5.11 Å². The number of carbonyl (C=O) groups is 2. The monoisotopic (exact) mass is 359 g/mol. The third-order valence-electron chi connectivity index (χ3n) is 4.93. The minimum Gasteiger partial charge on any atom is -0.465 e. The molecule has 1 aromatic heterocycles. The SMILES string of the molecule is O=C(O)N1CCC2(CC1)CCN(c1cc(=O)cc(C(F)(F)F)[nH]1)C2=O. The molecule has 10 heteroatoms. The second kappa shape index (κ2) is 5.78. The molecule has 0 atom stereocenters. The maximum absolute atomic E-state index is 12.9. The van der Waals surface area contributed by atoms with Gasteiger partial charge in [0.25, 0.3) is 0 Å². The van der Waals surface area contributed by atoms with Crippen LogP contribution in [0.3, 0.4) is 0 Å². The van der Waals surface area contributed by atoms with Crippen molar-refractivity contribution in [2.75, 3.05) is 24.5 Å². The van der Waals surface area contributed by atoms with Crippen molar-refractivity contribution < 1.29 is 27.9 Å². The number of anilines is 1. The van der Waals surface area contributed by atoms with Gasteiger partial charge in [-0.15, -0.1) is 0 Å². The Bertz CT molecular complexity index is 766. The lowest BCUT2D eigenvalue weighted by Crippen LogP contribution is -2.46. The van der Waals surface area contributed by atoms with Gasteiger partial charge < -0.3 is 15.0 Å². The third kappa shape index (κ3) is 3.08. The van der Waals surface area contributed by atoms with Gasteiger partial charge in [0.15, 0.2) is 5.43 Å². The number of aromatic nitrogens is 1. The van der Waals surface area contributed by atoms with E-state index in [0.717, 1.165) is 11.0 Å². The van der Waals surface area contributed by atoms with E-state index < -0.39 is 28.8 Å². The molecule has 136 valence electrons. The number of amides is 2. The van der Waals surface area contributed by atoms with Crippen molar-refractivity contribution in [3.05, 3.63) is 28.0 Å². The molecule has 0 unspecified atom stereocenters. The molecule has 0 bridgehead atoms. The van der Waals surface area contributed by atoms with E-state index in [1.165, 1.54) is 4.90 Å². The van der Waals surface area contributed by atoms with Crippen molar-refractivity contribution in [1.82, 2.24) is 9.88 Å². The van der Waals surface area contributed by atoms with Crippen molar-refractivity contribution in [2.45, 2.75) is 25.4 Å². The minimum atomic E-state index is -4.72. The van der Waals surface area contributed by atoms with Crippen molar-refractivity contribution in [1.29, 1.82) is 0 Å². The fraction of sp³-hybridized carbons (Fsp3) is 0.533. The first-order valence-corrected chi connectivity index (χ1v) is 7.74. The summed E-state index contributed by atoms with van der Waals surface area (Å²) in [4.78, 5) is 39.8. The van der Waals surface area contributed by atoms with Gasteiger partial charge in [-0.1, -0.05) is 0 Å². The minimum absolute atomic E-state index is 0.178. The van der Waals surface area contributed by atoms with Crippen LogP contribution in [0.5, 0.6) is 0 Å². The van der Waals surface area contributed by atoms with Crippen LogP contribution in [0.1, 0.15) is 25.0 Å². The van der Waals surface area contributed by atoms with Crippen LogP contribution in [-0.4, -0.2) is 46.6 Å². The Balaban J connectivity index is 1.85. The number of hydrogen-bond acceptors (Lipinski definition) is 3. The molecule has 2 N–H and O–H groups in total. The molecule has 0 aromatic carbocycles. The normalized spacial score (nSPS) is 20.4. The van der Waals surface area contributed by atoms with Crippen LogP contribution in [0.4, 0.5) is 23.8 Å². The highest BCUT2D eigenvalue weighted by atomic mass is 19.4. The van der Waals surface area contributed by atoms with Gasteiger partial charge in [-0.05, 0) is 19.3 Å². The van der Waals surface area contributed by atoms with Gasteiger partial charge in [0.1, 0.15) is 11.5 Å². The summed E-state index contributed by atoms with van der Waals surface area (Å²) < 4.78 is 38.6. The van der Waals surface area contributed by atoms with E-state index in [2.05, 4.69) is 4.98 Å². The van der Waals surface area contributed by atoms with Crippen molar-refractivity contribution in [3.8, 4) is 0 Å². The molecular weight excluding hydrogens is 343 g/mol. The van der Waals surface area contributed by atoms with Crippen LogP contribution in [0.2, 0.25) is 0 Å². The molecular formula is C15H16F3N3O4. The summed E-state index contributed by atoms with van der Waals surface area (Å²) in [5.74, 6) is -0.546. The number of H-pyrrole nitrogens is 1. The lowest BCUT2D eigenvalue weighted by Gasteiger charge is -2.36. The highest BCUT2D eigenvalue weighted by Crippen LogP contribution is 2.43. The fourth-order valence-electron chi connectivity index (χ4n) is 3.47. The van der Waals surface area contributed by atoms with Gasteiger partial charge in [0, 0.05) is 31.8 Å². The highest BCUT2D eigenvalue weighted by Gasteiger charge is 2.49. The molecule has 2 fully saturated rings. The molecule has 25 heavy (non-hydrogen) atoms. The number of piperidine rings is 1. The Kier molecular flexibility index (Phi) is 4.00. The van der Waals surface area contributed by atoms with Gasteiger partial charge in [0.05, 0.1) is 5.41 Å². The zero-order chi connectivity index (χ0) is 18.4. The molecule has 2 amide bonds. The fourth-order valence-corrected chi connectivity index (χ4v) is 3.47. The van der Waals surface area contributed by atoms with Crippen molar-refractivity contribution in [2.24, 2.45) is 5.41 Å². The second-order valence-corrected chi connectivity index (χ2v) is 6.37. The van der Waals surface area contributed by atoms with E-state index in [0.29, 0.717) is 25.3 Å². The van der Waals surface area contributed by atoms with Crippen molar-refractivity contribution in [3.63, 3.8) is 0 Å². The second-order valence-electron chi connectivity index (χ2n) is 6.37. The lowest BCUT2D eigenvalue weighted by atomic mass is 9.77. The first-order chi connectivity index (χ1) is 11.6. The molecule has 1 aromatic rings. The summed E-state index contributed by atoms with van der Waals surface area (Å²) in [6.45, 7) is 0.588. The van der Waals surface area contributed by atoms with E-state index in [-0.39, 0.29) is 31.4 Å². The lowest BCUT2D eigenvalue weighted by molar-refractivity contribution is -0.141. The third-order valence-corrected chi connectivity index (χ3v) is 4.93. The summed E-state index contributed by atoms with van der Waals surface area (Å²) in [6, 6.07) is 1.42. The molecule has 2 saturated heterocycles. The number of pyridine rings is 1. The predicted octanol–water partition coefficient (Wildman–Crippen LogP) is 1.89. The number of rotatable bonds is 1.